The summed E-state index contributed by atoms with van der Waals surface area (Å²) in [6, 6.07) is 3.80. The molecule has 19 heteroatoms. The van der Waals surface area contributed by atoms with Gasteiger partial charge in [-0.3, -0.25) is 18.6 Å². The molecule has 0 saturated carbocycles. The van der Waals surface area contributed by atoms with Crippen molar-refractivity contribution in [3.05, 3.63) is 35.0 Å². The molecule has 0 spiro atoms. The van der Waals surface area contributed by atoms with Crippen LogP contribution in [0.1, 0.15) is 76.6 Å². The SMILES string of the molecule is CCN(Sc1cc(-c2nn(CC(O)CN3CCC(N4CCCC4=O)CC3)c3c2CN(S(C)(=O)=O)CC3)ccc1C(F)(F)F)C(=O)C1CCN(C(=O)OC(C)(C)C)C1. The maximum Gasteiger partial charge on any atom is 0.417 e. The summed E-state index contributed by atoms with van der Waals surface area (Å²) >= 11 is 0.674. The molecular weight excluding hydrogens is 788 g/mol. The van der Waals surface area contributed by atoms with Gasteiger partial charge in [0.1, 0.15) is 5.60 Å². The number of carbonyl (C=O) groups is 3. The van der Waals surface area contributed by atoms with Crippen LogP contribution in [-0.2, 0) is 50.0 Å². The zero-order valence-corrected chi connectivity index (χ0v) is 34.9. The van der Waals surface area contributed by atoms with E-state index in [1.54, 1.807) is 32.4 Å². The molecule has 6 rings (SSSR count). The van der Waals surface area contributed by atoms with Gasteiger partial charge in [0.2, 0.25) is 21.8 Å². The summed E-state index contributed by atoms with van der Waals surface area (Å²) < 4.78 is 78.5. The van der Waals surface area contributed by atoms with Crippen molar-refractivity contribution < 1.29 is 45.8 Å². The van der Waals surface area contributed by atoms with E-state index in [1.807, 2.05) is 4.90 Å². The molecule has 4 aliphatic heterocycles. The number of hydrogen-bond donors (Lipinski definition) is 1. The number of ether oxygens (including phenoxy) is 1. The van der Waals surface area contributed by atoms with E-state index >= 15 is 0 Å². The fourth-order valence-corrected chi connectivity index (χ4v) is 10.0. The van der Waals surface area contributed by atoms with Gasteiger partial charge in [-0.2, -0.15) is 22.6 Å². The van der Waals surface area contributed by atoms with Crippen LogP contribution in [0.25, 0.3) is 11.3 Å². The third-order valence-corrected chi connectivity index (χ3v) is 13.5. The van der Waals surface area contributed by atoms with Crippen molar-refractivity contribution >= 4 is 39.9 Å². The molecule has 1 N–H and O–H groups in total. The molecule has 1 aromatic carbocycles. The lowest BCUT2D eigenvalue weighted by Gasteiger charge is -2.37. The number of nitrogens with zero attached hydrogens (tertiary/aromatic N) is 7. The van der Waals surface area contributed by atoms with Crippen molar-refractivity contribution in [2.75, 3.05) is 58.6 Å². The number of halogens is 3. The molecule has 0 bridgehead atoms. The molecule has 57 heavy (non-hydrogen) atoms. The lowest BCUT2D eigenvalue weighted by molar-refractivity contribution is -0.140. The van der Waals surface area contributed by atoms with Crippen LogP contribution in [0.3, 0.4) is 0 Å². The number of piperidine rings is 1. The molecular formula is C38H54F3N7O7S2. The first-order valence-corrected chi connectivity index (χ1v) is 22.3. The van der Waals surface area contributed by atoms with Gasteiger partial charge in [-0.1, -0.05) is 6.07 Å². The minimum Gasteiger partial charge on any atom is -0.444 e. The highest BCUT2D eigenvalue weighted by molar-refractivity contribution is 7.97. The summed E-state index contributed by atoms with van der Waals surface area (Å²) in [5.41, 5.74) is 0.187. The number of likely N-dealkylation sites (tertiary alicyclic amines) is 3. The highest BCUT2D eigenvalue weighted by atomic mass is 32.2. The molecule has 2 aromatic rings. The van der Waals surface area contributed by atoms with E-state index in [-0.39, 0.29) is 56.1 Å². The van der Waals surface area contributed by atoms with Crippen molar-refractivity contribution in [3.8, 4) is 11.3 Å². The predicted octanol–water partition coefficient (Wildman–Crippen LogP) is 4.45. The molecule has 3 amide bonds. The number of sulfonamides is 1. The highest BCUT2D eigenvalue weighted by Crippen LogP contribution is 2.42. The minimum atomic E-state index is -4.75. The third-order valence-electron chi connectivity index (χ3n) is 11.0. The van der Waals surface area contributed by atoms with E-state index in [9.17, 15) is 41.1 Å². The minimum absolute atomic E-state index is 0.0404. The topological polar surface area (TPSA) is 149 Å². The van der Waals surface area contributed by atoms with Gasteiger partial charge in [0.15, 0.2) is 0 Å². The standard InChI is InChI=1S/C38H54F3N7O7S2/c1-6-48(35(51)26-11-18-44(21-26)36(52)55-37(2,3)4)56-32-20-25(9-10-30(32)38(39,40)41)34-29-24-45(57(5,53)54)19-14-31(29)47(42-34)23-28(49)22-43-16-12-27(13-17-43)46-15-7-8-33(46)50/h9-10,20,26-28,49H,6-8,11-19,21-24H2,1-5H3. The first-order chi connectivity index (χ1) is 26.7. The van der Waals surface area contributed by atoms with Crippen LogP contribution in [0.4, 0.5) is 18.0 Å². The van der Waals surface area contributed by atoms with E-state index < -0.39 is 51.4 Å². The molecule has 5 heterocycles. The van der Waals surface area contributed by atoms with E-state index in [4.69, 9.17) is 9.84 Å². The van der Waals surface area contributed by atoms with Gasteiger partial charge in [-0.25, -0.2) is 13.2 Å². The van der Waals surface area contributed by atoms with E-state index in [2.05, 4.69) is 4.90 Å². The Hall–Kier alpha value is -3.39. The molecule has 0 radical (unpaired) electrons. The lowest BCUT2D eigenvalue weighted by atomic mass is 10.0. The number of rotatable bonds is 11. The third kappa shape index (κ3) is 10.3. The second-order valence-corrected chi connectivity index (χ2v) is 19.5. The second-order valence-electron chi connectivity index (χ2n) is 16.4. The van der Waals surface area contributed by atoms with Crippen LogP contribution >= 0.6 is 11.9 Å². The Morgan fingerprint density at radius 3 is 2.39 bits per heavy atom. The Morgan fingerprint density at radius 2 is 1.77 bits per heavy atom. The highest BCUT2D eigenvalue weighted by Gasteiger charge is 2.39. The molecule has 0 aliphatic carbocycles. The average Bonchev–Trinajstić information content (AvgIpc) is 3.88. The number of hydrogen-bond acceptors (Lipinski definition) is 10. The first kappa shape index (κ1) is 43.2. The van der Waals surface area contributed by atoms with Crippen molar-refractivity contribution in [1.82, 2.24) is 33.1 Å². The largest absolute Gasteiger partial charge is 0.444 e. The number of benzene rings is 1. The Labute approximate surface area is 336 Å². The zero-order chi connectivity index (χ0) is 41.4. The van der Waals surface area contributed by atoms with E-state index in [0.29, 0.717) is 60.3 Å². The maximum atomic E-state index is 14.5. The fourth-order valence-electron chi connectivity index (χ4n) is 8.18. The summed E-state index contributed by atoms with van der Waals surface area (Å²) in [5, 5.41) is 16.1. The fraction of sp³-hybridized carbons (Fsp3) is 0.684. The number of fused-ring (bicyclic) bond motifs is 1. The summed E-state index contributed by atoms with van der Waals surface area (Å²) in [4.78, 5) is 44.0. The summed E-state index contributed by atoms with van der Waals surface area (Å²) in [6.45, 7) is 10.2. The van der Waals surface area contributed by atoms with Crippen LogP contribution in [0.15, 0.2) is 23.1 Å². The molecule has 316 valence electrons. The number of β-amino-alcohol motifs (C(OH)–C–C–N with tert-alkyl or cyclic N) is 1. The number of aliphatic hydroxyl groups is 1. The number of carbonyl (C=O) groups excluding carboxylic acids is 3. The Kier molecular flexibility index (Phi) is 12.9. The molecule has 3 saturated heterocycles. The van der Waals surface area contributed by atoms with Gasteiger partial charge in [0.25, 0.3) is 0 Å². The van der Waals surface area contributed by atoms with E-state index in [1.165, 1.54) is 25.6 Å². The lowest BCUT2D eigenvalue weighted by Crippen LogP contribution is -2.47. The van der Waals surface area contributed by atoms with Crippen LogP contribution < -0.4 is 0 Å². The van der Waals surface area contributed by atoms with Crippen LogP contribution in [0.5, 0.6) is 0 Å². The normalized spacial score (nSPS) is 20.9. The molecule has 3 fully saturated rings. The van der Waals surface area contributed by atoms with Gasteiger partial charge >= 0.3 is 12.3 Å². The quantitative estimate of drug-likeness (QED) is 0.322. The Balaban J connectivity index is 1.23. The molecule has 1 aromatic heterocycles. The van der Waals surface area contributed by atoms with E-state index in [0.717, 1.165) is 51.2 Å². The van der Waals surface area contributed by atoms with Crippen molar-refractivity contribution in [2.45, 2.75) is 108 Å². The number of amides is 3. The number of aliphatic hydroxyl groups excluding tert-OH is 1. The molecule has 14 nitrogen and oxygen atoms in total. The molecule has 2 atom stereocenters. The van der Waals surface area contributed by atoms with Crippen LogP contribution in [0.2, 0.25) is 0 Å². The van der Waals surface area contributed by atoms with Gasteiger partial charge in [-0.05, 0) is 77.5 Å². The average molecular weight is 842 g/mol. The van der Waals surface area contributed by atoms with Gasteiger partial charge < -0.3 is 24.5 Å². The maximum absolute atomic E-state index is 14.5. The second kappa shape index (κ2) is 17.1. The van der Waals surface area contributed by atoms with Crippen molar-refractivity contribution in [1.29, 1.82) is 0 Å². The Morgan fingerprint density at radius 1 is 1.05 bits per heavy atom. The smallest absolute Gasteiger partial charge is 0.417 e. The predicted molar refractivity (Wildman–Crippen MR) is 207 cm³/mol. The number of aromatic nitrogens is 2. The monoisotopic (exact) mass is 841 g/mol. The van der Waals surface area contributed by atoms with Crippen molar-refractivity contribution in [3.63, 3.8) is 0 Å². The van der Waals surface area contributed by atoms with Crippen molar-refractivity contribution in [2.24, 2.45) is 5.92 Å². The molecule has 2 unspecified atom stereocenters. The van der Waals surface area contributed by atoms with Crippen LogP contribution in [-0.4, -0.2) is 141 Å². The summed E-state index contributed by atoms with van der Waals surface area (Å²) in [5.74, 6) is -0.825. The first-order valence-electron chi connectivity index (χ1n) is 19.6. The zero-order valence-electron chi connectivity index (χ0n) is 33.3. The number of alkyl halides is 3. The van der Waals surface area contributed by atoms with Crippen LogP contribution in [0, 0.1) is 5.92 Å². The Bertz CT molecular complexity index is 1930. The summed E-state index contributed by atoms with van der Waals surface area (Å²) in [6.07, 6.45) is -1.29. The van der Waals surface area contributed by atoms with Gasteiger partial charge in [0, 0.05) is 99.5 Å². The molecule has 4 aliphatic rings. The van der Waals surface area contributed by atoms with Gasteiger partial charge in [0.05, 0.1) is 36.1 Å². The van der Waals surface area contributed by atoms with Gasteiger partial charge in [-0.15, -0.1) is 0 Å². The summed E-state index contributed by atoms with van der Waals surface area (Å²) in [7, 11) is -3.62.